The van der Waals surface area contributed by atoms with Crippen molar-refractivity contribution >= 4 is 11.0 Å². The van der Waals surface area contributed by atoms with E-state index in [1.807, 2.05) is 12.1 Å². The van der Waals surface area contributed by atoms with Gasteiger partial charge in [-0.25, -0.2) is 0 Å². The number of hydrogen-bond donors (Lipinski definition) is 1. The van der Waals surface area contributed by atoms with Crippen LogP contribution in [0.1, 0.15) is 25.2 Å². The molecule has 4 heteroatoms. The number of aryl methyl sites for hydroxylation is 1. The molecule has 19 heavy (non-hydrogen) atoms. The topological polar surface area (TPSA) is 43.6 Å². The summed E-state index contributed by atoms with van der Waals surface area (Å²) >= 11 is 0. The molecule has 0 saturated heterocycles. The Kier molecular flexibility index (Phi) is 4.32. The van der Waals surface area contributed by atoms with Crippen LogP contribution in [0.15, 0.2) is 16.5 Å². The van der Waals surface area contributed by atoms with Gasteiger partial charge in [-0.2, -0.15) is 0 Å². The molecule has 0 fully saturated rings. The van der Waals surface area contributed by atoms with Crippen LogP contribution < -0.4 is 14.8 Å². The quantitative estimate of drug-likeness (QED) is 0.869. The highest BCUT2D eigenvalue weighted by molar-refractivity contribution is 5.90. The summed E-state index contributed by atoms with van der Waals surface area (Å²) in [7, 11) is 3.31. The van der Waals surface area contributed by atoms with E-state index in [4.69, 9.17) is 13.9 Å². The minimum Gasteiger partial charge on any atom is -0.496 e. The molecule has 0 amide bonds. The Morgan fingerprint density at radius 2 is 1.95 bits per heavy atom. The number of ether oxygens (including phenoxy) is 2. The minimum absolute atomic E-state index is 0.736. The maximum atomic E-state index is 5.95. The zero-order valence-electron chi connectivity index (χ0n) is 12.0. The van der Waals surface area contributed by atoms with E-state index in [1.165, 1.54) is 5.56 Å². The molecule has 0 atom stereocenters. The van der Waals surface area contributed by atoms with Crippen LogP contribution in [0.2, 0.25) is 0 Å². The van der Waals surface area contributed by atoms with Crippen LogP contribution in [0.4, 0.5) is 0 Å². The van der Waals surface area contributed by atoms with Gasteiger partial charge in [0.1, 0.15) is 22.8 Å². The van der Waals surface area contributed by atoms with E-state index in [2.05, 4.69) is 19.2 Å². The van der Waals surface area contributed by atoms with Gasteiger partial charge in [-0.3, -0.25) is 0 Å². The van der Waals surface area contributed by atoms with E-state index in [9.17, 15) is 0 Å². The molecule has 1 aromatic heterocycles. The fraction of sp³-hybridized carbons (Fsp3) is 0.467. The molecule has 0 aliphatic heterocycles. The zero-order chi connectivity index (χ0) is 13.8. The molecular weight excluding hydrogens is 242 g/mol. The normalized spacial score (nSPS) is 10.9. The number of fused-ring (bicyclic) bond motifs is 1. The predicted octanol–water partition coefficient (Wildman–Crippen LogP) is 3.12. The van der Waals surface area contributed by atoms with E-state index < -0.39 is 0 Å². The van der Waals surface area contributed by atoms with Crippen molar-refractivity contribution in [2.75, 3.05) is 20.8 Å². The van der Waals surface area contributed by atoms with Gasteiger partial charge in [0.25, 0.3) is 0 Å². The lowest BCUT2D eigenvalue weighted by molar-refractivity contribution is 0.397. The van der Waals surface area contributed by atoms with Crippen molar-refractivity contribution in [3.63, 3.8) is 0 Å². The first-order valence-corrected chi connectivity index (χ1v) is 6.62. The van der Waals surface area contributed by atoms with E-state index in [-0.39, 0.29) is 0 Å². The summed E-state index contributed by atoms with van der Waals surface area (Å²) in [6.45, 7) is 5.86. The lowest BCUT2D eigenvalue weighted by Crippen LogP contribution is -2.12. The first kappa shape index (κ1) is 13.7. The maximum absolute atomic E-state index is 5.95. The van der Waals surface area contributed by atoms with Crippen LogP contribution in [-0.4, -0.2) is 20.8 Å². The van der Waals surface area contributed by atoms with E-state index >= 15 is 0 Å². The maximum Gasteiger partial charge on any atom is 0.142 e. The first-order valence-electron chi connectivity index (χ1n) is 6.62. The van der Waals surface area contributed by atoms with Crippen molar-refractivity contribution in [1.82, 2.24) is 5.32 Å². The fourth-order valence-corrected chi connectivity index (χ4v) is 2.31. The predicted molar refractivity (Wildman–Crippen MR) is 76.1 cm³/mol. The molecule has 104 valence electrons. The third-order valence-electron chi connectivity index (χ3n) is 3.26. The molecule has 0 spiro atoms. The number of nitrogens with one attached hydrogen (secondary N) is 1. The lowest BCUT2D eigenvalue weighted by Gasteiger charge is -2.06. The van der Waals surface area contributed by atoms with Gasteiger partial charge in [0.15, 0.2) is 0 Å². The highest BCUT2D eigenvalue weighted by Crippen LogP contribution is 2.37. The number of hydrogen-bond acceptors (Lipinski definition) is 4. The van der Waals surface area contributed by atoms with Crippen LogP contribution in [0.5, 0.6) is 11.5 Å². The Balaban J connectivity index is 2.60. The summed E-state index contributed by atoms with van der Waals surface area (Å²) in [6.07, 6.45) is 0.913. The summed E-state index contributed by atoms with van der Waals surface area (Å²) in [5.41, 5.74) is 2.02. The Labute approximate surface area is 113 Å². The average molecular weight is 263 g/mol. The second kappa shape index (κ2) is 5.97. The van der Waals surface area contributed by atoms with Crippen LogP contribution in [0.3, 0.4) is 0 Å². The first-order chi connectivity index (χ1) is 9.24. The second-order valence-electron chi connectivity index (χ2n) is 4.34. The molecule has 0 radical (unpaired) electrons. The molecule has 4 nitrogen and oxygen atoms in total. The van der Waals surface area contributed by atoms with Crippen LogP contribution in [0.25, 0.3) is 11.0 Å². The van der Waals surface area contributed by atoms with Crippen molar-refractivity contribution in [2.24, 2.45) is 0 Å². The van der Waals surface area contributed by atoms with Crippen molar-refractivity contribution in [3.05, 3.63) is 23.5 Å². The largest absolute Gasteiger partial charge is 0.496 e. The van der Waals surface area contributed by atoms with Gasteiger partial charge in [-0.15, -0.1) is 0 Å². The third-order valence-corrected chi connectivity index (χ3v) is 3.26. The molecule has 0 aliphatic rings. The van der Waals surface area contributed by atoms with Gasteiger partial charge >= 0.3 is 0 Å². The van der Waals surface area contributed by atoms with Crippen molar-refractivity contribution in [3.8, 4) is 11.5 Å². The smallest absolute Gasteiger partial charge is 0.142 e. The fourth-order valence-electron chi connectivity index (χ4n) is 2.31. The second-order valence-corrected chi connectivity index (χ2v) is 4.34. The number of methoxy groups -OCH3 is 2. The van der Waals surface area contributed by atoms with Crippen LogP contribution in [-0.2, 0) is 13.0 Å². The van der Waals surface area contributed by atoms with Gasteiger partial charge in [-0.05, 0) is 13.0 Å². The summed E-state index contributed by atoms with van der Waals surface area (Å²) < 4.78 is 16.7. The molecular formula is C15H21NO3. The zero-order valence-corrected chi connectivity index (χ0v) is 12.0. The molecule has 1 N–H and O–H groups in total. The van der Waals surface area contributed by atoms with Gasteiger partial charge in [-0.1, -0.05) is 13.8 Å². The van der Waals surface area contributed by atoms with Gasteiger partial charge in [0.2, 0.25) is 0 Å². The molecule has 0 aliphatic carbocycles. The van der Waals surface area contributed by atoms with E-state index in [0.29, 0.717) is 0 Å². The lowest BCUT2D eigenvalue weighted by atomic mass is 10.1. The highest BCUT2D eigenvalue weighted by atomic mass is 16.5. The molecule has 1 aromatic carbocycles. The SMILES string of the molecule is CCNCc1oc2cc(OC)cc(OC)c2c1CC. The van der Waals surface area contributed by atoms with Gasteiger partial charge in [0, 0.05) is 17.7 Å². The third kappa shape index (κ3) is 2.54. The van der Waals surface area contributed by atoms with Crippen LogP contribution in [0, 0.1) is 0 Å². The number of furan rings is 1. The van der Waals surface area contributed by atoms with Gasteiger partial charge < -0.3 is 19.2 Å². The monoisotopic (exact) mass is 263 g/mol. The van der Waals surface area contributed by atoms with Crippen molar-refractivity contribution in [1.29, 1.82) is 0 Å². The molecule has 0 unspecified atom stereocenters. The molecule has 1 heterocycles. The molecule has 0 bridgehead atoms. The molecule has 2 rings (SSSR count). The Morgan fingerprint density at radius 3 is 2.53 bits per heavy atom. The Morgan fingerprint density at radius 1 is 1.16 bits per heavy atom. The van der Waals surface area contributed by atoms with E-state index in [0.717, 1.165) is 47.7 Å². The number of benzene rings is 1. The highest BCUT2D eigenvalue weighted by Gasteiger charge is 2.17. The Hall–Kier alpha value is -1.68. The van der Waals surface area contributed by atoms with Crippen LogP contribution >= 0.6 is 0 Å². The Bertz CT molecular complexity index is 560. The summed E-state index contributed by atoms with van der Waals surface area (Å²) in [5.74, 6) is 2.53. The molecule has 2 aromatic rings. The standard InChI is InChI=1S/C15H21NO3/c1-5-11-14(9-16-6-2)19-13-8-10(17-3)7-12(18-4)15(11)13/h7-8,16H,5-6,9H2,1-4H3. The number of rotatable bonds is 6. The average Bonchev–Trinajstić information content (AvgIpc) is 2.81. The summed E-state index contributed by atoms with van der Waals surface area (Å²) in [6, 6.07) is 3.81. The summed E-state index contributed by atoms with van der Waals surface area (Å²) in [4.78, 5) is 0. The summed E-state index contributed by atoms with van der Waals surface area (Å²) in [5, 5.41) is 4.35. The van der Waals surface area contributed by atoms with Crippen molar-refractivity contribution in [2.45, 2.75) is 26.8 Å². The molecule has 0 saturated carbocycles. The van der Waals surface area contributed by atoms with Crippen molar-refractivity contribution < 1.29 is 13.9 Å². The van der Waals surface area contributed by atoms with Gasteiger partial charge in [0.05, 0.1) is 26.2 Å². The minimum atomic E-state index is 0.736. The van der Waals surface area contributed by atoms with E-state index in [1.54, 1.807) is 14.2 Å².